The first-order valence-corrected chi connectivity index (χ1v) is 9.88. The molecule has 0 radical (unpaired) electrons. The Bertz CT molecular complexity index is 1220. The summed E-state index contributed by atoms with van der Waals surface area (Å²) in [5.41, 5.74) is 4.67. The van der Waals surface area contributed by atoms with Gasteiger partial charge in [0, 0.05) is 34.3 Å². The Kier molecular flexibility index (Phi) is 5.66. The molecule has 2 N–H and O–H groups in total. The molecular weight excluding hydrogens is 388 g/mol. The van der Waals surface area contributed by atoms with E-state index in [0.29, 0.717) is 23.2 Å². The largest absolute Gasteiger partial charge is 0.340 e. The lowest BCUT2D eigenvalue weighted by Crippen LogP contribution is -2.15. The number of hydrogen-bond donors (Lipinski definition) is 2. The molecule has 0 fully saturated rings. The topological polar surface area (TPSA) is 92.7 Å². The molecule has 4 aromatic rings. The van der Waals surface area contributed by atoms with Gasteiger partial charge in [0.15, 0.2) is 0 Å². The Morgan fingerprint density at radius 2 is 1.52 bits per heavy atom. The lowest BCUT2D eigenvalue weighted by Gasteiger charge is -2.10. The number of nitrogens with one attached hydrogen (secondary N) is 2. The van der Waals surface area contributed by atoms with Crippen molar-refractivity contribution in [3.8, 4) is 11.3 Å². The third-order valence-corrected chi connectivity index (χ3v) is 4.51. The highest BCUT2D eigenvalue weighted by Gasteiger charge is 2.10. The lowest BCUT2D eigenvalue weighted by atomic mass is 10.1. The molecule has 2 heterocycles. The summed E-state index contributed by atoms with van der Waals surface area (Å²) >= 11 is 0. The third kappa shape index (κ3) is 5.08. The molecule has 0 aliphatic heterocycles. The monoisotopic (exact) mass is 410 g/mol. The van der Waals surface area contributed by atoms with Crippen LogP contribution in [-0.2, 0) is 0 Å². The molecular formula is C24H22N6O. The fraction of sp³-hybridized carbons (Fsp3) is 0.125. The van der Waals surface area contributed by atoms with E-state index in [0.717, 1.165) is 28.3 Å². The maximum atomic E-state index is 12.7. The molecule has 0 bridgehead atoms. The molecule has 2 aromatic carbocycles. The van der Waals surface area contributed by atoms with Crippen LogP contribution < -0.4 is 10.6 Å². The van der Waals surface area contributed by atoms with Crippen molar-refractivity contribution in [3.05, 3.63) is 89.5 Å². The second-order valence-electron chi connectivity index (χ2n) is 7.19. The number of rotatable bonds is 5. The Balaban J connectivity index is 1.55. The van der Waals surface area contributed by atoms with Gasteiger partial charge in [-0.25, -0.2) is 19.9 Å². The maximum absolute atomic E-state index is 12.7. The van der Waals surface area contributed by atoms with Gasteiger partial charge in [-0.15, -0.1) is 0 Å². The van der Waals surface area contributed by atoms with Gasteiger partial charge in [-0.2, -0.15) is 0 Å². The number of aryl methyl sites for hydroxylation is 3. The minimum atomic E-state index is -0.280. The number of amides is 1. The van der Waals surface area contributed by atoms with Crippen LogP contribution in [0.5, 0.6) is 0 Å². The Labute approximate surface area is 180 Å². The van der Waals surface area contributed by atoms with Crippen LogP contribution >= 0.6 is 0 Å². The van der Waals surface area contributed by atoms with Crippen molar-refractivity contribution < 1.29 is 4.79 Å². The van der Waals surface area contributed by atoms with Crippen LogP contribution in [0.25, 0.3) is 11.3 Å². The normalized spacial score (nSPS) is 10.5. The number of nitrogens with zero attached hydrogens (tertiary/aromatic N) is 4. The molecule has 0 saturated heterocycles. The first-order valence-electron chi connectivity index (χ1n) is 9.88. The van der Waals surface area contributed by atoms with Crippen LogP contribution in [0.15, 0.2) is 66.7 Å². The summed E-state index contributed by atoms with van der Waals surface area (Å²) in [6.07, 6.45) is 0. The number of benzene rings is 2. The van der Waals surface area contributed by atoms with E-state index in [2.05, 4.69) is 30.6 Å². The second kappa shape index (κ2) is 8.71. The summed E-state index contributed by atoms with van der Waals surface area (Å²) in [6.45, 7) is 5.58. The lowest BCUT2D eigenvalue weighted by molar-refractivity contribution is 0.102. The van der Waals surface area contributed by atoms with Gasteiger partial charge >= 0.3 is 0 Å². The van der Waals surface area contributed by atoms with Crippen LogP contribution in [0, 0.1) is 20.8 Å². The van der Waals surface area contributed by atoms with Gasteiger partial charge in [0.2, 0.25) is 5.95 Å². The highest BCUT2D eigenvalue weighted by Crippen LogP contribution is 2.22. The maximum Gasteiger partial charge on any atom is 0.258 e. The highest BCUT2D eigenvalue weighted by atomic mass is 16.1. The van der Waals surface area contributed by atoms with E-state index in [-0.39, 0.29) is 5.91 Å². The average molecular weight is 410 g/mol. The number of carbonyl (C=O) groups is 1. The summed E-state index contributed by atoms with van der Waals surface area (Å²) in [6, 6.07) is 20.9. The van der Waals surface area contributed by atoms with Gasteiger partial charge in [0.1, 0.15) is 11.6 Å². The molecule has 7 nitrogen and oxygen atoms in total. The van der Waals surface area contributed by atoms with Gasteiger partial charge in [0.25, 0.3) is 5.91 Å². The van der Waals surface area contributed by atoms with Gasteiger partial charge < -0.3 is 5.32 Å². The number of aromatic nitrogens is 4. The molecule has 2 aromatic heterocycles. The number of carbonyl (C=O) groups excluding carboxylic acids is 1. The zero-order chi connectivity index (χ0) is 21.8. The fourth-order valence-electron chi connectivity index (χ4n) is 3.23. The van der Waals surface area contributed by atoms with E-state index in [9.17, 15) is 4.79 Å². The molecule has 0 saturated carbocycles. The summed E-state index contributed by atoms with van der Waals surface area (Å²) in [7, 11) is 0. The summed E-state index contributed by atoms with van der Waals surface area (Å²) < 4.78 is 0. The highest BCUT2D eigenvalue weighted by molar-refractivity contribution is 6.04. The number of hydrogen-bond acceptors (Lipinski definition) is 6. The molecule has 1 amide bonds. The smallest absolute Gasteiger partial charge is 0.258 e. The molecule has 0 unspecified atom stereocenters. The van der Waals surface area contributed by atoms with Gasteiger partial charge in [-0.05, 0) is 45.0 Å². The Hall–Kier alpha value is -4.13. The van der Waals surface area contributed by atoms with Crippen LogP contribution in [0.3, 0.4) is 0 Å². The minimum absolute atomic E-state index is 0.280. The zero-order valence-corrected chi connectivity index (χ0v) is 17.5. The molecule has 7 heteroatoms. The van der Waals surface area contributed by atoms with Crippen LogP contribution in [0.1, 0.15) is 27.6 Å². The van der Waals surface area contributed by atoms with Crippen molar-refractivity contribution >= 4 is 23.4 Å². The van der Waals surface area contributed by atoms with E-state index in [4.69, 9.17) is 0 Å². The molecule has 0 aliphatic rings. The van der Waals surface area contributed by atoms with Crippen LogP contribution in [-0.4, -0.2) is 25.8 Å². The summed E-state index contributed by atoms with van der Waals surface area (Å²) in [4.78, 5) is 30.2. The first-order chi connectivity index (χ1) is 15.0. The predicted molar refractivity (Wildman–Crippen MR) is 121 cm³/mol. The first kappa shape index (κ1) is 20.2. The molecule has 0 atom stereocenters. The zero-order valence-electron chi connectivity index (χ0n) is 17.5. The van der Waals surface area contributed by atoms with Gasteiger partial charge in [-0.3, -0.25) is 10.1 Å². The van der Waals surface area contributed by atoms with E-state index >= 15 is 0 Å². The van der Waals surface area contributed by atoms with Crippen molar-refractivity contribution in [2.24, 2.45) is 0 Å². The van der Waals surface area contributed by atoms with Crippen molar-refractivity contribution in [1.82, 2.24) is 19.9 Å². The van der Waals surface area contributed by atoms with Crippen molar-refractivity contribution in [2.45, 2.75) is 20.8 Å². The Morgan fingerprint density at radius 3 is 2.26 bits per heavy atom. The average Bonchev–Trinajstić information content (AvgIpc) is 2.73. The van der Waals surface area contributed by atoms with E-state index in [1.165, 1.54) is 0 Å². The fourth-order valence-corrected chi connectivity index (χ4v) is 3.23. The molecule has 4 rings (SSSR count). The van der Waals surface area contributed by atoms with Crippen LogP contribution in [0.4, 0.5) is 17.5 Å². The van der Waals surface area contributed by atoms with Crippen molar-refractivity contribution in [2.75, 3.05) is 10.6 Å². The number of anilines is 3. The van der Waals surface area contributed by atoms with E-state index < -0.39 is 0 Å². The van der Waals surface area contributed by atoms with E-state index in [1.807, 2.05) is 75.4 Å². The molecule has 0 spiro atoms. The minimum Gasteiger partial charge on any atom is -0.340 e. The van der Waals surface area contributed by atoms with Crippen LogP contribution in [0.2, 0.25) is 0 Å². The molecule has 31 heavy (non-hydrogen) atoms. The summed E-state index contributed by atoms with van der Waals surface area (Å²) in [5, 5.41) is 6.03. The molecule has 0 aliphatic carbocycles. The van der Waals surface area contributed by atoms with Gasteiger partial charge in [-0.1, -0.05) is 36.4 Å². The van der Waals surface area contributed by atoms with Crippen molar-refractivity contribution in [1.29, 1.82) is 0 Å². The van der Waals surface area contributed by atoms with Gasteiger partial charge in [0.05, 0.1) is 5.69 Å². The second-order valence-corrected chi connectivity index (χ2v) is 7.19. The van der Waals surface area contributed by atoms with Crippen molar-refractivity contribution in [3.63, 3.8) is 0 Å². The SMILES string of the molecule is Cc1cc(C)nc(NC(=O)c2cccc(Nc3cc(-c4ccccc4)nc(C)n3)c2)n1. The predicted octanol–water partition coefficient (Wildman–Crippen LogP) is 4.85. The summed E-state index contributed by atoms with van der Waals surface area (Å²) in [5.74, 6) is 1.32. The van der Waals surface area contributed by atoms with E-state index in [1.54, 1.807) is 12.1 Å². The quantitative estimate of drug-likeness (QED) is 0.488. The third-order valence-electron chi connectivity index (χ3n) is 4.51. The Morgan fingerprint density at radius 1 is 0.774 bits per heavy atom. The molecule has 154 valence electrons. The standard InChI is InChI=1S/C24H22N6O/c1-15-12-16(2)26-24(25-15)30-23(31)19-10-7-11-20(13-19)29-22-14-21(27-17(3)28-22)18-8-5-4-6-9-18/h4-14H,1-3H3,(H,27,28,29)(H,25,26,30,31).